The second-order valence-corrected chi connectivity index (χ2v) is 7.32. The third-order valence-electron chi connectivity index (χ3n) is 4.20. The highest BCUT2D eigenvalue weighted by atomic mass is 19.4. The molecule has 1 atom stereocenters. The van der Waals surface area contributed by atoms with Crippen LogP contribution in [0.4, 0.5) is 13.2 Å². The number of ether oxygens (including phenoxy) is 1. The van der Waals surface area contributed by atoms with Gasteiger partial charge in [0.2, 0.25) is 0 Å². The lowest BCUT2D eigenvalue weighted by Crippen LogP contribution is -2.42. The van der Waals surface area contributed by atoms with Crippen molar-refractivity contribution >= 4 is 0 Å². The Balaban J connectivity index is 1.87. The van der Waals surface area contributed by atoms with Crippen molar-refractivity contribution in [3.63, 3.8) is 0 Å². The number of nitrogens with zero attached hydrogens (tertiary/aromatic N) is 1. The van der Waals surface area contributed by atoms with E-state index in [1.165, 1.54) is 5.56 Å². The number of rotatable bonds is 4. The molecule has 2 nitrogen and oxygen atoms in total. The molecule has 1 aliphatic rings. The van der Waals surface area contributed by atoms with Crippen molar-refractivity contribution in [1.82, 2.24) is 4.90 Å². The molecule has 0 bridgehead atoms. The van der Waals surface area contributed by atoms with E-state index in [4.69, 9.17) is 4.74 Å². The van der Waals surface area contributed by atoms with Crippen LogP contribution in [0.5, 0.6) is 5.75 Å². The van der Waals surface area contributed by atoms with Crippen LogP contribution in [0.2, 0.25) is 0 Å². The Kier molecular flexibility index (Phi) is 5.61. The third-order valence-corrected chi connectivity index (χ3v) is 4.20. The van der Waals surface area contributed by atoms with Gasteiger partial charge in [-0.3, -0.25) is 4.90 Å². The van der Waals surface area contributed by atoms with Gasteiger partial charge in [0.15, 0.2) is 0 Å². The van der Waals surface area contributed by atoms with E-state index in [1.807, 2.05) is 17.0 Å². The summed E-state index contributed by atoms with van der Waals surface area (Å²) in [6.45, 7) is 7.82. The van der Waals surface area contributed by atoms with E-state index in [2.05, 4.69) is 32.9 Å². The third kappa shape index (κ3) is 6.05. The Morgan fingerprint density at radius 3 is 2.35 bits per heavy atom. The van der Waals surface area contributed by atoms with E-state index in [-0.39, 0.29) is 18.1 Å². The smallest absolute Gasteiger partial charge is 0.390 e. The molecule has 1 fully saturated rings. The largest absolute Gasteiger partial charge is 0.489 e. The van der Waals surface area contributed by atoms with Crippen LogP contribution in [0, 0.1) is 0 Å². The standard InChI is InChI=1S/C18H26F3NO/c1-17(2,3)14-6-8-15(9-7-14)23-16-5-4-11-22(13-16)12-10-18(19,20)21/h6-9,16H,4-5,10-13H2,1-3H3/t16-/m1/s1. The molecule has 23 heavy (non-hydrogen) atoms. The Bertz CT molecular complexity index is 490. The Hall–Kier alpha value is -1.23. The van der Waals surface area contributed by atoms with Crippen LogP contribution in [-0.2, 0) is 5.41 Å². The van der Waals surface area contributed by atoms with E-state index in [1.54, 1.807) is 0 Å². The first-order chi connectivity index (χ1) is 10.6. The monoisotopic (exact) mass is 329 g/mol. The average Bonchev–Trinajstić information content (AvgIpc) is 2.44. The summed E-state index contributed by atoms with van der Waals surface area (Å²) in [5.41, 5.74) is 1.33. The van der Waals surface area contributed by atoms with Gasteiger partial charge in [-0.2, -0.15) is 13.2 Å². The van der Waals surface area contributed by atoms with Crippen LogP contribution >= 0.6 is 0 Å². The van der Waals surface area contributed by atoms with Gasteiger partial charge in [-0.25, -0.2) is 0 Å². The van der Waals surface area contributed by atoms with Crippen LogP contribution in [0.25, 0.3) is 0 Å². The maximum atomic E-state index is 12.3. The van der Waals surface area contributed by atoms with Crippen LogP contribution < -0.4 is 4.74 Å². The first-order valence-electron chi connectivity index (χ1n) is 8.20. The van der Waals surface area contributed by atoms with Crippen molar-refractivity contribution in [3.05, 3.63) is 29.8 Å². The van der Waals surface area contributed by atoms with Gasteiger partial charge in [-0.05, 0) is 42.5 Å². The van der Waals surface area contributed by atoms with Crippen LogP contribution in [0.15, 0.2) is 24.3 Å². The molecule has 5 heteroatoms. The van der Waals surface area contributed by atoms with Gasteiger partial charge in [-0.15, -0.1) is 0 Å². The summed E-state index contributed by atoms with van der Waals surface area (Å²) in [5.74, 6) is 0.792. The number of benzene rings is 1. The van der Waals surface area contributed by atoms with Crippen molar-refractivity contribution in [2.75, 3.05) is 19.6 Å². The van der Waals surface area contributed by atoms with Crippen LogP contribution in [-0.4, -0.2) is 36.8 Å². The zero-order valence-corrected chi connectivity index (χ0v) is 14.1. The summed E-state index contributed by atoms with van der Waals surface area (Å²) >= 11 is 0. The van der Waals surface area contributed by atoms with E-state index in [0.717, 1.165) is 25.1 Å². The fraction of sp³-hybridized carbons (Fsp3) is 0.667. The molecule has 1 aliphatic heterocycles. The molecule has 1 aromatic rings. The molecule has 0 N–H and O–H groups in total. The lowest BCUT2D eigenvalue weighted by Gasteiger charge is -2.33. The minimum Gasteiger partial charge on any atom is -0.489 e. The maximum absolute atomic E-state index is 12.3. The Labute approximate surface area is 136 Å². The van der Waals surface area contributed by atoms with Crippen LogP contribution in [0.3, 0.4) is 0 Å². The SMILES string of the molecule is CC(C)(C)c1ccc(O[C@@H]2CCCN(CCC(F)(F)F)C2)cc1. The number of hydrogen-bond donors (Lipinski definition) is 0. The van der Waals surface area contributed by atoms with Crippen molar-refractivity contribution in [2.24, 2.45) is 0 Å². The zero-order chi connectivity index (χ0) is 17.1. The summed E-state index contributed by atoms with van der Waals surface area (Å²) < 4.78 is 43.0. The second kappa shape index (κ2) is 7.12. The molecule has 0 amide bonds. The molecule has 0 aromatic heterocycles. The highest BCUT2D eigenvalue weighted by molar-refractivity contribution is 5.31. The fourth-order valence-electron chi connectivity index (χ4n) is 2.82. The molecule has 1 aromatic carbocycles. The number of halogens is 3. The lowest BCUT2D eigenvalue weighted by atomic mass is 9.87. The minimum absolute atomic E-state index is 0.0301. The van der Waals surface area contributed by atoms with E-state index in [0.29, 0.717) is 6.54 Å². The molecular formula is C18H26F3NO. The van der Waals surface area contributed by atoms with Crippen molar-refractivity contribution in [3.8, 4) is 5.75 Å². The quantitative estimate of drug-likeness (QED) is 0.788. The van der Waals surface area contributed by atoms with Crippen molar-refractivity contribution < 1.29 is 17.9 Å². The van der Waals surface area contributed by atoms with Gasteiger partial charge in [-0.1, -0.05) is 32.9 Å². The molecule has 0 saturated carbocycles. The van der Waals surface area contributed by atoms with E-state index < -0.39 is 12.6 Å². The fourth-order valence-corrected chi connectivity index (χ4v) is 2.82. The Morgan fingerprint density at radius 1 is 1.13 bits per heavy atom. The van der Waals surface area contributed by atoms with Gasteiger partial charge in [0.1, 0.15) is 11.9 Å². The maximum Gasteiger partial charge on any atom is 0.390 e. The van der Waals surface area contributed by atoms with E-state index in [9.17, 15) is 13.2 Å². The first kappa shape index (κ1) is 18.1. The predicted molar refractivity (Wildman–Crippen MR) is 85.9 cm³/mol. The van der Waals surface area contributed by atoms with Gasteiger partial charge in [0.25, 0.3) is 0 Å². The molecule has 0 spiro atoms. The number of hydrogen-bond acceptors (Lipinski definition) is 2. The molecule has 130 valence electrons. The highest BCUT2D eigenvalue weighted by Crippen LogP contribution is 2.26. The van der Waals surface area contributed by atoms with Gasteiger partial charge >= 0.3 is 6.18 Å². The van der Waals surface area contributed by atoms with Gasteiger partial charge in [0, 0.05) is 13.1 Å². The zero-order valence-electron chi connectivity index (χ0n) is 14.1. The van der Waals surface area contributed by atoms with Crippen LogP contribution in [0.1, 0.15) is 45.6 Å². The molecular weight excluding hydrogens is 303 g/mol. The second-order valence-electron chi connectivity index (χ2n) is 7.32. The topological polar surface area (TPSA) is 12.5 Å². The molecule has 0 radical (unpaired) electrons. The summed E-state index contributed by atoms with van der Waals surface area (Å²) in [4.78, 5) is 1.85. The van der Waals surface area contributed by atoms with E-state index >= 15 is 0 Å². The number of piperidine rings is 1. The molecule has 1 heterocycles. The molecule has 2 rings (SSSR count). The summed E-state index contributed by atoms with van der Waals surface area (Å²) in [7, 11) is 0. The minimum atomic E-state index is -4.09. The summed E-state index contributed by atoms with van der Waals surface area (Å²) in [6, 6.07) is 8.02. The predicted octanol–water partition coefficient (Wildman–Crippen LogP) is 4.78. The summed E-state index contributed by atoms with van der Waals surface area (Å²) in [5, 5.41) is 0. The van der Waals surface area contributed by atoms with Gasteiger partial charge in [0.05, 0.1) is 6.42 Å². The van der Waals surface area contributed by atoms with Gasteiger partial charge < -0.3 is 4.74 Å². The van der Waals surface area contributed by atoms with Crippen molar-refractivity contribution in [1.29, 1.82) is 0 Å². The highest BCUT2D eigenvalue weighted by Gasteiger charge is 2.29. The first-order valence-corrected chi connectivity index (χ1v) is 8.20. The van der Waals surface area contributed by atoms with Crippen molar-refractivity contribution in [2.45, 2.75) is 57.7 Å². The summed E-state index contributed by atoms with van der Waals surface area (Å²) in [6.07, 6.45) is -3.10. The average molecular weight is 329 g/mol. The molecule has 1 saturated heterocycles. The number of alkyl halides is 3. The lowest BCUT2D eigenvalue weighted by molar-refractivity contribution is -0.139. The normalized spacial score (nSPS) is 20.5. The molecule has 0 unspecified atom stereocenters. The number of likely N-dealkylation sites (tertiary alicyclic amines) is 1. The molecule has 0 aliphatic carbocycles. The Morgan fingerprint density at radius 2 is 1.78 bits per heavy atom.